The van der Waals surface area contributed by atoms with E-state index in [1.807, 2.05) is 0 Å². The number of esters is 1. The van der Waals surface area contributed by atoms with E-state index in [1.54, 1.807) is 12.1 Å². The molecule has 0 atom stereocenters. The molecule has 0 aliphatic heterocycles. The molecule has 0 aliphatic carbocycles. The van der Waals surface area contributed by atoms with Gasteiger partial charge in [-0.25, -0.2) is 9.18 Å². The van der Waals surface area contributed by atoms with Gasteiger partial charge in [-0.15, -0.1) is 0 Å². The summed E-state index contributed by atoms with van der Waals surface area (Å²) in [4.78, 5) is 10.7. The van der Waals surface area contributed by atoms with Gasteiger partial charge in [-0.05, 0) is 18.2 Å². The molecule has 0 fully saturated rings. The molecule has 3 nitrogen and oxygen atoms in total. The SMILES string of the molecule is COC(=O)/C=C/NCc1cc(Br)ccc1F. The predicted molar refractivity (Wildman–Crippen MR) is 62.1 cm³/mol. The fourth-order valence-electron chi connectivity index (χ4n) is 1.04. The molecule has 0 saturated heterocycles. The van der Waals surface area contributed by atoms with Crippen molar-refractivity contribution in [3.8, 4) is 0 Å². The van der Waals surface area contributed by atoms with Crippen LogP contribution in [0.4, 0.5) is 4.39 Å². The molecule has 0 bridgehead atoms. The minimum Gasteiger partial charge on any atom is -0.466 e. The molecule has 0 spiro atoms. The zero-order valence-corrected chi connectivity index (χ0v) is 10.3. The maximum Gasteiger partial charge on any atom is 0.331 e. The topological polar surface area (TPSA) is 38.3 Å². The van der Waals surface area contributed by atoms with Gasteiger partial charge in [0, 0.05) is 28.9 Å². The van der Waals surface area contributed by atoms with E-state index < -0.39 is 5.97 Å². The molecular weight excluding hydrogens is 277 g/mol. The minimum absolute atomic E-state index is 0.290. The number of nitrogens with one attached hydrogen (secondary N) is 1. The normalized spacial score (nSPS) is 10.4. The summed E-state index contributed by atoms with van der Waals surface area (Å²) < 4.78 is 18.5. The van der Waals surface area contributed by atoms with Crippen molar-refractivity contribution in [3.05, 3.63) is 46.3 Å². The van der Waals surface area contributed by atoms with Crippen molar-refractivity contribution in [2.24, 2.45) is 0 Å². The second-order valence-corrected chi connectivity index (χ2v) is 3.89. The van der Waals surface area contributed by atoms with Crippen LogP contribution in [0, 0.1) is 5.82 Å². The highest BCUT2D eigenvalue weighted by atomic mass is 79.9. The van der Waals surface area contributed by atoms with Gasteiger partial charge in [-0.2, -0.15) is 0 Å². The van der Waals surface area contributed by atoms with E-state index in [9.17, 15) is 9.18 Å². The molecule has 0 aromatic heterocycles. The largest absolute Gasteiger partial charge is 0.466 e. The summed E-state index contributed by atoms with van der Waals surface area (Å²) >= 11 is 3.25. The molecule has 0 amide bonds. The molecule has 0 heterocycles. The summed E-state index contributed by atoms with van der Waals surface area (Å²) in [6.45, 7) is 0.304. The molecule has 16 heavy (non-hydrogen) atoms. The molecule has 0 saturated carbocycles. The molecule has 0 unspecified atom stereocenters. The van der Waals surface area contributed by atoms with Gasteiger partial charge in [0.1, 0.15) is 5.82 Å². The maximum atomic E-state index is 13.2. The van der Waals surface area contributed by atoms with Crippen LogP contribution in [0.1, 0.15) is 5.56 Å². The number of halogens is 2. The van der Waals surface area contributed by atoms with Crippen molar-refractivity contribution in [1.29, 1.82) is 0 Å². The van der Waals surface area contributed by atoms with Crippen LogP contribution in [-0.4, -0.2) is 13.1 Å². The van der Waals surface area contributed by atoms with Crippen LogP contribution in [0.15, 0.2) is 34.9 Å². The van der Waals surface area contributed by atoms with Crippen molar-refractivity contribution >= 4 is 21.9 Å². The van der Waals surface area contributed by atoms with Crippen molar-refractivity contribution in [2.75, 3.05) is 7.11 Å². The van der Waals surface area contributed by atoms with Crippen LogP contribution in [0.3, 0.4) is 0 Å². The number of hydrogen-bond acceptors (Lipinski definition) is 3. The van der Waals surface area contributed by atoms with Crippen LogP contribution in [-0.2, 0) is 16.1 Å². The second kappa shape index (κ2) is 6.27. The Balaban J connectivity index is 2.51. The number of methoxy groups -OCH3 is 1. The highest BCUT2D eigenvalue weighted by Gasteiger charge is 2.01. The lowest BCUT2D eigenvalue weighted by atomic mass is 10.2. The third kappa shape index (κ3) is 4.02. The molecule has 1 rings (SSSR count). The van der Waals surface area contributed by atoms with E-state index in [-0.39, 0.29) is 5.82 Å². The Morgan fingerprint density at radius 1 is 1.62 bits per heavy atom. The van der Waals surface area contributed by atoms with Crippen LogP contribution < -0.4 is 5.32 Å². The first-order valence-electron chi connectivity index (χ1n) is 4.55. The van der Waals surface area contributed by atoms with Crippen LogP contribution in [0.25, 0.3) is 0 Å². The van der Waals surface area contributed by atoms with E-state index in [1.165, 1.54) is 25.5 Å². The molecule has 1 N–H and O–H groups in total. The number of hydrogen-bond donors (Lipinski definition) is 1. The lowest BCUT2D eigenvalue weighted by Crippen LogP contribution is -2.07. The summed E-state index contributed by atoms with van der Waals surface area (Å²) in [5, 5.41) is 2.79. The van der Waals surface area contributed by atoms with Crippen molar-refractivity contribution < 1.29 is 13.9 Å². The first-order valence-corrected chi connectivity index (χ1v) is 5.34. The summed E-state index contributed by atoms with van der Waals surface area (Å²) in [7, 11) is 1.29. The molecule has 1 aromatic rings. The molecule has 0 radical (unpaired) electrons. The van der Waals surface area contributed by atoms with Gasteiger partial charge in [-0.3, -0.25) is 0 Å². The van der Waals surface area contributed by atoms with Gasteiger partial charge >= 0.3 is 5.97 Å². The Bertz CT molecular complexity index is 407. The summed E-state index contributed by atoms with van der Waals surface area (Å²) in [6.07, 6.45) is 2.65. The van der Waals surface area contributed by atoms with Crippen molar-refractivity contribution in [2.45, 2.75) is 6.54 Å². The van der Waals surface area contributed by atoms with Gasteiger partial charge in [0.15, 0.2) is 0 Å². The number of benzene rings is 1. The highest BCUT2D eigenvalue weighted by Crippen LogP contribution is 2.15. The Hall–Kier alpha value is -1.36. The highest BCUT2D eigenvalue weighted by molar-refractivity contribution is 9.10. The number of ether oxygens (including phenoxy) is 1. The summed E-state index contributed by atoms with van der Waals surface area (Å²) in [6, 6.07) is 4.68. The third-order valence-corrected chi connectivity index (χ3v) is 2.33. The number of rotatable bonds is 4. The zero-order valence-electron chi connectivity index (χ0n) is 8.67. The Kier molecular flexibility index (Phi) is 4.98. The van der Waals surface area contributed by atoms with Crippen molar-refractivity contribution in [1.82, 2.24) is 5.32 Å². The Morgan fingerprint density at radius 2 is 2.38 bits per heavy atom. The fraction of sp³-hybridized carbons (Fsp3) is 0.182. The lowest BCUT2D eigenvalue weighted by Gasteiger charge is -2.03. The third-order valence-electron chi connectivity index (χ3n) is 1.84. The fourth-order valence-corrected chi connectivity index (χ4v) is 1.45. The zero-order chi connectivity index (χ0) is 12.0. The van der Waals surface area contributed by atoms with E-state index in [0.717, 1.165) is 4.47 Å². The van der Waals surface area contributed by atoms with Gasteiger partial charge in [0.25, 0.3) is 0 Å². The van der Waals surface area contributed by atoms with Gasteiger partial charge < -0.3 is 10.1 Å². The number of carbonyl (C=O) groups excluding carboxylic acids is 1. The standard InChI is InChI=1S/C11H11BrFNO2/c1-16-11(15)4-5-14-7-8-6-9(12)2-3-10(8)13/h2-6,14H,7H2,1H3/b5-4+. The number of carbonyl (C=O) groups is 1. The smallest absolute Gasteiger partial charge is 0.331 e. The summed E-state index contributed by atoms with van der Waals surface area (Å²) in [5.74, 6) is -0.746. The van der Waals surface area contributed by atoms with Gasteiger partial charge in [0.05, 0.1) is 7.11 Å². The first kappa shape index (κ1) is 12.7. The van der Waals surface area contributed by atoms with E-state index in [4.69, 9.17) is 0 Å². The molecule has 5 heteroatoms. The van der Waals surface area contributed by atoms with E-state index >= 15 is 0 Å². The van der Waals surface area contributed by atoms with Crippen LogP contribution in [0.5, 0.6) is 0 Å². The molecule has 1 aromatic carbocycles. The predicted octanol–water partition coefficient (Wildman–Crippen LogP) is 2.36. The molecule has 0 aliphatic rings. The van der Waals surface area contributed by atoms with E-state index in [0.29, 0.717) is 12.1 Å². The second-order valence-electron chi connectivity index (χ2n) is 2.97. The van der Waals surface area contributed by atoms with Crippen molar-refractivity contribution in [3.63, 3.8) is 0 Å². The minimum atomic E-state index is -0.456. The summed E-state index contributed by atoms with van der Waals surface area (Å²) in [5.41, 5.74) is 0.517. The monoisotopic (exact) mass is 287 g/mol. The van der Waals surface area contributed by atoms with Crippen LogP contribution in [0.2, 0.25) is 0 Å². The quantitative estimate of drug-likeness (QED) is 0.683. The van der Waals surface area contributed by atoms with Gasteiger partial charge in [-0.1, -0.05) is 15.9 Å². The average Bonchev–Trinajstić information content (AvgIpc) is 2.28. The van der Waals surface area contributed by atoms with Gasteiger partial charge in [0.2, 0.25) is 0 Å². The Morgan fingerprint density at radius 3 is 3.06 bits per heavy atom. The Labute approximate surface area is 101 Å². The lowest BCUT2D eigenvalue weighted by molar-refractivity contribution is -0.134. The first-order chi connectivity index (χ1) is 7.63. The van der Waals surface area contributed by atoms with Crippen LogP contribution >= 0.6 is 15.9 Å². The molecular formula is C11H11BrFNO2. The average molecular weight is 288 g/mol. The van der Waals surface area contributed by atoms with E-state index in [2.05, 4.69) is 26.0 Å². The maximum absolute atomic E-state index is 13.2. The molecule has 86 valence electrons.